The average Bonchev–Trinajstić information content (AvgIpc) is 2.91. The molecular formula is C12H21N5O2. The number of likely N-dealkylation sites (N-methyl/N-ethyl adjacent to an activating group) is 2. The van der Waals surface area contributed by atoms with E-state index in [0.717, 1.165) is 0 Å². The SMILES string of the molecule is CNCCNC(=O)CN(C)C(=O)C(C)n1cccn1. The third kappa shape index (κ3) is 4.70. The summed E-state index contributed by atoms with van der Waals surface area (Å²) in [5, 5.41) is 9.67. The zero-order valence-electron chi connectivity index (χ0n) is 11.6. The van der Waals surface area contributed by atoms with Crippen molar-refractivity contribution < 1.29 is 9.59 Å². The molecule has 0 saturated heterocycles. The largest absolute Gasteiger partial charge is 0.353 e. The lowest BCUT2D eigenvalue weighted by atomic mass is 10.3. The van der Waals surface area contributed by atoms with E-state index in [2.05, 4.69) is 15.7 Å². The Kier molecular flexibility index (Phi) is 6.01. The number of hydrogen-bond acceptors (Lipinski definition) is 4. The van der Waals surface area contributed by atoms with Gasteiger partial charge in [-0.15, -0.1) is 0 Å². The molecule has 1 atom stereocenters. The maximum Gasteiger partial charge on any atom is 0.247 e. The summed E-state index contributed by atoms with van der Waals surface area (Å²) < 4.78 is 1.57. The third-order valence-electron chi connectivity index (χ3n) is 2.73. The molecule has 106 valence electrons. The van der Waals surface area contributed by atoms with Crippen molar-refractivity contribution >= 4 is 11.8 Å². The lowest BCUT2D eigenvalue weighted by molar-refractivity contribution is -0.137. The van der Waals surface area contributed by atoms with Crippen molar-refractivity contribution in [3.05, 3.63) is 18.5 Å². The summed E-state index contributed by atoms with van der Waals surface area (Å²) in [5.41, 5.74) is 0. The highest BCUT2D eigenvalue weighted by molar-refractivity contribution is 5.86. The molecule has 0 aliphatic heterocycles. The zero-order chi connectivity index (χ0) is 14.3. The Labute approximate surface area is 113 Å². The Morgan fingerprint density at radius 1 is 1.42 bits per heavy atom. The predicted octanol–water partition coefficient (Wildman–Crippen LogP) is -0.762. The van der Waals surface area contributed by atoms with Crippen molar-refractivity contribution in [3.8, 4) is 0 Å². The second-order valence-corrected chi connectivity index (χ2v) is 4.31. The van der Waals surface area contributed by atoms with Crippen LogP contribution >= 0.6 is 0 Å². The standard InChI is InChI=1S/C12H21N5O2/c1-10(17-8-4-5-15-17)12(19)16(3)9-11(18)14-7-6-13-2/h4-5,8,10,13H,6-7,9H2,1-3H3,(H,14,18). The summed E-state index contributed by atoms with van der Waals surface area (Å²) in [4.78, 5) is 25.1. The summed E-state index contributed by atoms with van der Waals surface area (Å²) >= 11 is 0. The molecule has 1 rings (SSSR count). The van der Waals surface area contributed by atoms with Crippen molar-refractivity contribution in [2.75, 3.05) is 33.7 Å². The Morgan fingerprint density at radius 3 is 2.74 bits per heavy atom. The van der Waals surface area contributed by atoms with Crippen LogP contribution in [0.1, 0.15) is 13.0 Å². The summed E-state index contributed by atoms with van der Waals surface area (Å²) in [5.74, 6) is -0.314. The van der Waals surface area contributed by atoms with E-state index in [1.54, 1.807) is 37.1 Å². The first-order valence-electron chi connectivity index (χ1n) is 6.21. The Bertz CT molecular complexity index is 404. The molecule has 0 spiro atoms. The van der Waals surface area contributed by atoms with Crippen LogP contribution in [0.25, 0.3) is 0 Å². The topological polar surface area (TPSA) is 79.3 Å². The van der Waals surface area contributed by atoms with Crippen LogP contribution in [-0.2, 0) is 9.59 Å². The number of nitrogens with zero attached hydrogens (tertiary/aromatic N) is 3. The molecule has 2 N–H and O–H groups in total. The fraction of sp³-hybridized carbons (Fsp3) is 0.583. The van der Waals surface area contributed by atoms with E-state index in [-0.39, 0.29) is 18.4 Å². The van der Waals surface area contributed by atoms with E-state index < -0.39 is 6.04 Å². The van der Waals surface area contributed by atoms with Gasteiger partial charge in [-0.1, -0.05) is 0 Å². The highest BCUT2D eigenvalue weighted by atomic mass is 16.2. The molecule has 0 fully saturated rings. The first-order chi connectivity index (χ1) is 9.06. The van der Waals surface area contributed by atoms with Gasteiger partial charge in [-0.3, -0.25) is 14.3 Å². The molecule has 7 heteroatoms. The monoisotopic (exact) mass is 267 g/mol. The number of amides is 2. The first kappa shape index (κ1) is 15.2. The highest BCUT2D eigenvalue weighted by Crippen LogP contribution is 2.06. The fourth-order valence-corrected chi connectivity index (χ4v) is 1.62. The van der Waals surface area contributed by atoms with Gasteiger partial charge in [0.25, 0.3) is 0 Å². The summed E-state index contributed by atoms with van der Waals surface area (Å²) in [6, 6.07) is 1.35. The number of hydrogen-bond donors (Lipinski definition) is 2. The molecule has 0 aliphatic carbocycles. The normalized spacial score (nSPS) is 11.9. The van der Waals surface area contributed by atoms with Gasteiger partial charge in [0, 0.05) is 32.5 Å². The van der Waals surface area contributed by atoms with Crippen molar-refractivity contribution in [1.29, 1.82) is 0 Å². The molecule has 0 aromatic carbocycles. The summed E-state index contributed by atoms with van der Waals surface area (Å²) in [6.45, 7) is 3.05. The number of aromatic nitrogens is 2. The van der Waals surface area contributed by atoms with Gasteiger partial charge in [-0.2, -0.15) is 5.10 Å². The minimum absolute atomic E-state index is 0.0498. The van der Waals surface area contributed by atoms with Crippen molar-refractivity contribution in [3.63, 3.8) is 0 Å². The molecule has 0 aliphatic rings. The number of nitrogens with one attached hydrogen (secondary N) is 2. The van der Waals surface area contributed by atoms with Crippen LogP contribution in [-0.4, -0.2) is 60.2 Å². The Balaban J connectivity index is 2.42. The van der Waals surface area contributed by atoms with E-state index >= 15 is 0 Å². The Morgan fingerprint density at radius 2 is 2.16 bits per heavy atom. The lowest BCUT2D eigenvalue weighted by Gasteiger charge is -2.21. The fourth-order valence-electron chi connectivity index (χ4n) is 1.62. The molecule has 1 aromatic rings. The summed E-state index contributed by atoms with van der Waals surface area (Å²) in [7, 11) is 3.42. The van der Waals surface area contributed by atoms with Crippen LogP contribution in [0.5, 0.6) is 0 Å². The smallest absolute Gasteiger partial charge is 0.247 e. The molecule has 7 nitrogen and oxygen atoms in total. The average molecular weight is 267 g/mol. The molecule has 0 bridgehead atoms. The zero-order valence-corrected chi connectivity index (χ0v) is 11.6. The molecule has 0 saturated carbocycles. The van der Waals surface area contributed by atoms with Crippen LogP contribution in [0.15, 0.2) is 18.5 Å². The van der Waals surface area contributed by atoms with Crippen molar-refractivity contribution in [1.82, 2.24) is 25.3 Å². The van der Waals surface area contributed by atoms with E-state index in [9.17, 15) is 9.59 Å². The van der Waals surface area contributed by atoms with Gasteiger partial charge >= 0.3 is 0 Å². The molecule has 1 heterocycles. The van der Waals surface area contributed by atoms with Gasteiger partial charge in [-0.25, -0.2) is 0 Å². The van der Waals surface area contributed by atoms with Gasteiger partial charge in [-0.05, 0) is 20.0 Å². The van der Waals surface area contributed by atoms with Gasteiger partial charge in [0.05, 0.1) is 6.54 Å². The van der Waals surface area contributed by atoms with Gasteiger partial charge < -0.3 is 15.5 Å². The molecule has 0 radical (unpaired) electrons. The van der Waals surface area contributed by atoms with Crippen LogP contribution in [0.2, 0.25) is 0 Å². The molecule has 2 amide bonds. The van der Waals surface area contributed by atoms with Crippen LogP contribution in [0.4, 0.5) is 0 Å². The van der Waals surface area contributed by atoms with Gasteiger partial charge in [0.2, 0.25) is 11.8 Å². The second-order valence-electron chi connectivity index (χ2n) is 4.31. The minimum Gasteiger partial charge on any atom is -0.353 e. The van der Waals surface area contributed by atoms with Crippen LogP contribution in [0, 0.1) is 0 Å². The highest BCUT2D eigenvalue weighted by Gasteiger charge is 2.20. The van der Waals surface area contributed by atoms with Gasteiger partial charge in [0.1, 0.15) is 6.04 Å². The number of rotatable bonds is 7. The molecule has 1 aromatic heterocycles. The third-order valence-corrected chi connectivity index (χ3v) is 2.73. The Hall–Kier alpha value is -1.89. The van der Waals surface area contributed by atoms with E-state index in [4.69, 9.17) is 0 Å². The number of carbonyl (C=O) groups excluding carboxylic acids is 2. The van der Waals surface area contributed by atoms with Crippen molar-refractivity contribution in [2.24, 2.45) is 0 Å². The molecule has 19 heavy (non-hydrogen) atoms. The van der Waals surface area contributed by atoms with E-state index in [1.807, 2.05) is 7.05 Å². The maximum absolute atomic E-state index is 12.1. The lowest BCUT2D eigenvalue weighted by Crippen LogP contribution is -2.42. The summed E-state index contributed by atoms with van der Waals surface area (Å²) in [6.07, 6.45) is 3.34. The predicted molar refractivity (Wildman–Crippen MR) is 71.5 cm³/mol. The van der Waals surface area contributed by atoms with E-state index in [1.165, 1.54) is 4.90 Å². The van der Waals surface area contributed by atoms with Gasteiger partial charge in [0.15, 0.2) is 0 Å². The second kappa shape index (κ2) is 7.52. The minimum atomic E-state index is -0.412. The molecule has 1 unspecified atom stereocenters. The van der Waals surface area contributed by atoms with Crippen LogP contribution < -0.4 is 10.6 Å². The number of carbonyl (C=O) groups is 2. The maximum atomic E-state index is 12.1. The van der Waals surface area contributed by atoms with Crippen molar-refractivity contribution in [2.45, 2.75) is 13.0 Å². The molecular weight excluding hydrogens is 246 g/mol. The first-order valence-corrected chi connectivity index (χ1v) is 6.21. The quantitative estimate of drug-likeness (QED) is 0.636. The van der Waals surface area contributed by atoms with Crippen LogP contribution in [0.3, 0.4) is 0 Å². The van der Waals surface area contributed by atoms with E-state index in [0.29, 0.717) is 13.1 Å².